The normalized spacial score (nSPS) is 9.53. The maximum absolute atomic E-state index is 10.8. The fraction of sp³-hybridized carbons (Fsp3) is 0.800. The van der Waals surface area contributed by atoms with Gasteiger partial charge in [0.05, 0.1) is 13.2 Å². The summed E-state index contributed by atoms with van der Waals surface area (Å²) < 4.78 is 18.6. The molecule has 17 heavy (non-hydrogen) atoms. The first-order chi connectivity index (χ1) is 8.20. The molecule has 0 saturated carbocycles. The van der Waals surface area contributed by atoms with Gasteiger partial charge in [-0.3, -0.25) is 0 Å². The molecule has 7 heteroatoms. The number of carbonyl (C=O) groups is 2. The van der Waals surface area contributed by atoms with Crippen LogP contribution in [0.4, 0.5) is 9.59 Å². The van der Waals surface area contributed by atoms with Crippen molar-refractivity contribution in [3.8, 4) is 0 Å². The Morgan fingerprint density at radius 3 is 1.59 bits per heavy atom. The largest absolute Gasteiger partial charge is 0.508 e. The molecule has 0 radical (unpaired) electrons. The molecule has 6 nitrogen and oxygen atoms in total. The molecular weight excluding hydrogens is 248 g/mol. The first-order valence-electron chi connectivity index (χ1n) is 5.37. The van der Waals surface area contributed by atoms with E-state index in [9.17, 15) is 9.59 Å². The van der Waals surface area contributed by atoms with Crippen molar-refractivity contribution in [2.45, 2.75) is 13.8 Å². The van der Waals surface area contributed by atoms with Crippen molar-refractivity contribution in [1.82, 2.24) is 0 Å². The topological polar surface area (TPSA) is 71.1 Å². The maximum atomic E-state index is 10.8. The number of hydrogen-bond acceptors (Lipinski definition) is 7. The summed E-state index contributed by atoms with van der Waals surface area (Å²) in [7, 11) is 0. The third-order valence-electron chi connectivity index (χ3n) is 1.42. The summed E-state index contributed by atoms with van der Waals surface area (Å²) in [6, 6.07) is 0. The Labute approximate surface area is 105 Å². The highest BCUT2D eigenvalue weighted by atomic mass is 32.2. The molecule has 0 aromatic carbocycles. The minimum atomic E-state index is -0.657. The van der Waals surface area contributed by atoms with Crippen LogP contribution in [0.25, 0.3) is 0 Å². The third kappa shape index (κ3) is 11.2. The minimum Gasteiger partial charge on any atom is -0.435 e. The highest BCUT2D eigenvalue weighted by molar-refractivity contribution is 7.99. The zero-order valence-corrected chi connectivity index (χ0v) is 10.9. The van der Waals surface area contributed by atoms with E-state index in [4.69, 9.17) is 9.47 Å². The molecule has 0 amide bonds. The van der Waals surface area contributed by atoms with Gasteiger partial charge in [-0.15, -0.1) is 0 Å². The molecule has 0 bridgehead atoms. The second-order valence-corrected chi connectivity index (χ2v) is 3.90. The van der Waals surface area contributed by atoms with Crippen molar-refractivity contribution in [3.63, 3.8) is 0 Å². The minimum absolute atomic E-state index is 0.281. The average molecular weight is 266 g/mol. The number of ether oxygens (including phenoxy) is 4. The van der Waals surface area contributed by atoms with Crippen LogP contribution in [-0.2, 0) is 18.9 Å². The van der Waals surface area contributed by atoms with E-state index in [1.807, 2.05) is 0 Å². The van der Waals surface area contributed by atoms with Crippen LogP contribution in [0.3, 0.4) is 0 Å². The zero-order chi connectivity index (χ0) is 12.9. The van der Waals surface area contributed by atoms with Gasteiger partial charge in [-0.25, -0.2) is 9.59 Å². The second-order valence-electron chi connectivity index (χ2n) is 2.68. The molecule has 0 N–H and O–H groups in total. The molecule has 0 saturated heterocycles. The Hall–Kier alpha value is -1.11. The summed E-state index contributed by atoms with van der Waals surface area (Å²) in [5.74, 6) is 1.26. The molecule has 0 spiro atoms. The van der Waals surface area contributed by atoms with Crippen LogP contribution in [0.1, 0.15) is 13.8 Å². The summed E-state index contributed by atoms with van der Waals surface area (Å²) >= 11 is 1.51. The summed E-state index contributed by atoms with van der Waals surface area (Å²) in [6.07, 6.45) is -1.31. The van der Waals surface area contributed by atoms with Crippen molar-refractivity contribution in [2.24, 2.45) is 0 Å². The molecule has 0 aliphatic heterocycles. The van der Waals surface area contributed by atoms with E-state index in [1.165, 1.54) is 11.8 Å². The standard InChI is InChI=1S/C10H18O6S/c1-3-13-9(11)15-5-7-17-8-6-16-10(12)14-4-2/h3-8H2,1-2H3. The lowest BCUT2D eigenvalue weighted by atomic mass is 10.8. The summed E-state index contributed by atoms with van der Waals surface area (Å²) in [6.45, 7) is 4.59. The summed E-state index contributed by atoms with van der Waals surface area (Å²) in [5, 5.41) is 0. The van der Waals surface area contributed by atoms with Crippen LogP contribution in [0, 0.1) is 0 Å². The van der Waals surface area contributed by atoms with E-state index in [0.29, 0.717) is 24.7 Å². The molecule has 0 aliphatic carbocycles. The molecule has 100 valence electrons. The first kappa shape index (κ1) is 15.9. The van der Waals surface area contributed by atoms with Gasteiger partial charge in [0.25, 0.3) is 0 Å². The Morgan fingerprint density at radius 2 is 1.24 bits per heavy atom. The SMILES string of the molecule is CCOC(=O)OCCSCCOC(=O)OCC. The van der Waals surface area contributed by atoms with Gasteiger partial charge in [-0.05, 0) is 13.8 Å². The van der Waals surface area contributed by atoms with Crippen molar-refractivity contribution in [3.05, 3.63) is 0 Å². The van der Waals surface area contributed by atoms with Crippen LogP contribution in [0.5, 0.6) is 0 Å². The molecule has 0 aromatic rings. The Morgan fingerprint density at radius 1 is 0.824 bits per heavy atom. The van der Waals surface area contributed by atoms with Crippen LogP contribution < -0.4 is 0 Å². The predicted molar refractivity (Wildman–Crippen MR) is 63.3 cm³/mol. The van der Waals surface area contributed by atoms with E-state index < -0.39 is 12.3 Å². The fourth-order valence-electron chi connectivity index (χ4n) is 0.789. The predicted octanol–water partition coefficient (Wildman–Crippen LogP) is 2.07. The van der Waals surface area contributed by atoms with Gasteiger partial charge < -0.3 is 18.9 Å². The maximum Gasteiger partial charge on any atom is 0.508 e. The highest BCUT2D eigenvalue weighted by Crippen LogP contribution is 2.00. The lowest BCUT2D eigenvalue weighted by Crippen LogP contribution is -2.11. The molecule has 0 heterocycles. The monoisotopic (exact) mass is 266 g/mol. The van der Waals surface area contributed by atoms with Crippen molar-refractivity contribution >= 4 is 24.1 Å². The molecule has 0 fully saturated rings. The van der Waals surface area contributed by atoms with Crippen LogP contribution in [0.2, 0.25) is 0 Å². The lowest BCUT2D eigenvalue weighted by Gasteiger charge is -2.05. The lowest BCUT2D eigenvalue weighted by molar-refractivity contribution is 0.0636. The first-order valence-corrected chi connectivity index (χ1v) is 6.53. The Kier molecular flexibility index (Phi) is 10.6. The van der Waals surface area contributed by atoms with E-state index >= 15 is 0 Å². The number of rotatable bonds is 8. The van der Waals surface area contributed by atoms with Gasteiger partial charge in [-0.1, -0.05) is 0 Å². The Balaban J connectivity index is 3.18. The average Bonchev–Trinajstić information content (AvgIpc) is 2.28. The molecule has 0 atom stereocenters. The summed E-state index contributed by atoms with van der Waals surface area (Å²) in [5.41, 5.74) is 0. The second kappa shape index (κ2) is 11.4. The van der Waals surface area contributed by atoms with Crippen molar-refractivity contribution < 1.29 is 28.5 Å². The van der Waals surface area contributed by atoms with Crippen LogP contribution >= 0.6 is 11.8 Å². The quantitative estimate of drug-likeness (QED) is 0.492. The third-order valence-corrected chi connectivity index (χ3v) is 2.33. The molecule has 0 rings (SSSR count). The number of hydrogen-bond donors (Lipinski definition) is 0. The number of carbonyl (C=O) groups excluding carboxylic acids is 2. The molecule has 0 aliphatic rings. The van der Waals surface area contributed by atoms with Gasteiger partial charge in [0.2, 0.25) is 0 Å². The highest BCUT2D eigenvalue weighted by Gasteiger charge is 2.02. The zero-order valence-electron chi connectivity index (χ0n) is 10.1. The van der Waals surface area contributed by atoms with Crippen LogP contribution in [0.15, 0.2) is 0 Å². The van der Waals surface area contributed by atoms with E-state index in [-0.39, 0.29) is 13.2 Å². The van der Waals surface area contributed by atoms with Crippen molar-refractivity contribution in [2.75, 3.05) is 37.9 Å². The Bertz CT molecular complexity index is 199. The summed E-state index contributed by atoms with van der Waals surface area (Å²) in [4.78, 5) is 21.5. The van der Waals surface area contributed by atoms with E-state index in [1.54, 1.807) is 13.8 Å². The van der Waals surface area contributed by atoms with Crippen molar-refractivity contribution in [1.29, 1.82) is 0 Å². The van der Waals surface area contributed by atoms with Crippen LogP contribution in [-0.4, -0.2) is 50.2 Å². The molecule has 0 aromatic heterocycles. The number of thioether (sulfide) groups is 1. The van der Waals surface area contributed by atoms with Gasteiger partial charge in [0.1, 0.15) is 13.2 Å². The van der Waals surface area contributed by atoms with Gasteiger partial charge in [0, 0.05) is 11.5 Å². The van der Waals surface area contributed by atoms with Gasteiger partial charge in [0.15, 0.2) is 0 Å². The molecule has 0 unspecified atom stereocenters. The van der Waals surface area contributed by atoms with Gasteiger partial charge in [-0.2, -0.15) is 11.8 Å². The van der Waals surface area contributed by atoms with E-state index in [2.05, 4.69) is 9.47 Å². The van der Waals surface area contributed by atoms with E-state index in [0.717, 1.165) is 0 Å². The smallest absolute Gasteiger partial charge is 0.435 e. The molecular formula is C10H18O6S. The fourth-order valence-corrected chi connectivity index (χ4v) is 1.40. The van der Waals surface area contributed by atoms with Gasteiger partial charge >= 0.3 is 12.3 Å².